The second-order valence-electron chi connectivity index (χ2n) is 6.59. The summed E-state index contributed by atoms with van der Waals surface area (Å²) >= 11 is 0. The van der Waals surface area contributed by atoms with E-state index in [1.54, 1.807) is 0 Å². The molecule has 3 heteroatoms. The molecule has 1 N–H and O–H groups in total. The van der Waals surface area contributed by atoms with Crippen molar-refractivity contribution in [3.8, 4) is 0 Å². The number of nitrogens with one attached hydrogen (secondary N) is 1. The smallest absolute Gasteiger partial charge is 0.239 e. The van der Waals surface area contributed by atoms with Crippen LogP contribution in [-0.4, -0.2) is 36.0 Å². The normalized spacial score (nSPS) is 37.3. The molecule has 3 unspecified atom stereocenters. The van der Waals surface area contributed by atoms with E-state index in [0.29, 0.717) is 11.9 Å². The number of hydrogen-bond acceptors (Lipinski definition) is 2. The molecule has 0 aromatic carbocycles. The van der Waals surface area contributed by atoms with Crippen LogP contribution >= 0.6 is 0 Å². The van der Waals surface area contributed by atoms with Crippen molar-refractivity contribution in [1.29, 1.82) is 0 Å². The van der Waals surface area contributed by atoms with E-state index in [9.17, 15) is 4.79 Å². The Labute approximate surface area is 110 Å². The monoisotopic (exact) mass is 250 g/mol. The Morgan fingerprint density at radius 1 is 1.17 bits per heavy atom. The lowest BCUT2D eigenvalue weighted by molar-refractivity contribution is -0.130. The molecule has 3 nitrogen and oxygen atoms in total. The van der Waals surface area contributed by atoms with Gasteiger partial charge in [0.25, 0.3) is 0 Å². The van der Waals surface area contributed by atoms with Crippen LogP contribution in [0, 0.1) is 11.8 Å². The van der Waals surface area contributed by atoms with Gasteiger partial charge in [-0.3, -0.25) is 4.79 Å². The molecule has 18 heavy (non-hydrogen) atoms. The minimum atomic E-state index is 0.136. The number of carbonyl (C=O) groups excluding carboxylic acids is 1. The Hall–Kier alpha value is -0.570. The van der Waals surface area contributed by atoms with Crippen LogP contribution in [0.5, 0.6) is 0 Å². The largest absolute Gasteiger partial charge is 0.341 e. The van der Waals surface area contributed by atoms with Gasteiger partial charge in [0.15, 0.2) is 0 Å². The van der Waals surface area contributed by atoms with Crippen LogP contribution in [0.3, 0.4) is 0 Å². The predicted molar refractivity (Wildman–Crippen MR) is 72.3 cm³/mol. The van der Waals surface area contributed by atoms with Crippen molar-refractivity contribution in [3.05, 3.63) is 0 Å². The molecular weight excluding hydrogens is 224 g/mol. The van der Waals surface area contributed by atoms with Gasteiger partial charge >= 0.3 is 0 Å². The molecule has 1 heterocycles. The third-order valence-corrected chi connectivity index (χ3v) is 5.06. The van der Waals surface area contributed by atoms with E-state index in [4.69, 9.17) is 0 Å². The maximum atomic E-state index is 12.3. The molecule has 3 aliphatic rings. The fraction of sp³-hybridized carbons (Fsp3) is 0.933. The number of hydrogen-bond donors (Lipinski definition) is 1. The summed E-state index contributed by atoms with van der Waals surface area (Å²) in [5, 5.41) is 3.49. The molecule has 102 valence electrons. The molecule has 3 rings (SSSR count). The van der Waals surface area contributed by atoms with E-state index in [-0.39, 0.29) is 6.04 Å². The summed E-state index contributed by atoms with van der Waals surface area (Å²) in [5.41, 5.74) is 0. The number of amides is 1. The molecule has 1 aliphatic heterocycles. The minimum absolute atomic E-state index is 0.136. The quantitative estimate of drug-likeness (QED) is 0.829. The second kappa shape index (κ2) is 5.20. The highest BCUT2D eigenvalue weighted by Gasteiger charge is 2.37. The van der Waals surface area contributed by atoms with Crippen molar-refractivity contribution in [2.75, 3.05) is 13.1 Å². The first-order valence-corrected chi connectivity index (χ1v) is 7.79. The lowest BCUT2D eigenvalue weighted by atomic mass is 9.80. The molecule has 2 aliphatic carbocycles. The number of likely N-dealkylation sites (tertiary alicyclic amines) is 1. The number of carbonyl (C=O) groups is 1. The number of nitrogens with zero attached hydrogens (tertiary/aromatic N) is 1. The lowest BCUT2D eigenvalue weighted by Crippen LogP contribution is -2.41. The molecule has 0 aromatic rings. The van der Waals surface area contributed by atoms with E-state index in [1.807, 2.05) is 0 Å². The molecular formula is C15H26N2O. The van der Waals surface area contributed by atoms with E-state index < -0.39 is 0 Å². The van der Waals surface area contributed by atoms with Gasteiger partial charge in [0.1, 0.15) is 0 Å². The minimum Gasteiger partial charge on any atom is -0.341 e. The zero-order valence-electron chi connectivity index (χ0n) is 11.5. The molecule has 1 saturated heterocycles. The van der Waals surface area contributed by atoms with Gasteiger partial charge in [-0.05, 0) is 37.5 Å². The molecule has 3 atom stereocenters. The van der Waals surface area contributed by atoms with Crippen molar-refractivity contribution in [1.82, 2.24) is 10.2 Å². The fourth-order valence-electron chi connectivity index (χ4n) is 3.56. The molecule has 0 aromatic heterocycles. The van der Waals surface area contributed by atoms with Gasteiger partial charge in [0, 0.05) is 19.1 Å². The van der Waals surface area contributed by atoms with Crippen LogP contribution < -0.4 is 5.32 Å². The zero-order chi connectivity index (χ0) is 12.5. The van der Waals surface area contributed by atoms with E-state index in [1.165, 1.54) is 38.5 Å². The SMILES string of the molecule is CC1CCCCC1CN1CCC(NC2CC2)C1=O. The van der Waals surface area contributed by atoms with Gasteiger partial charge in [-0.1, -0.05) is 26.2 Å². The summed E-state index contributed by atoms with van der Waals surface area (Å²) < 4.78 is 0. The second-order valence-corrected chi connectivity index (χ2v) is 6.59. The Morgan fingerprint density at radius 2 is 1.94 bits per heavy atom. The molecule has 0 bridgehead atoms. The number of rotatable bonds is 4. The van der Waals surface area contributed by atoms with Crippen LogP contribution in [0.15, 0.2) is 0 Å². The van der Waals surface area contributed by atoms with E-state index >= 15 is 0 Å². The standard InChI is InChI=1S/C15H26N2O/c1-11-4-2-3-5-12(11)10-17-9-8-14(15(17)18)16-13-6-7-13/h11-14,16H,2-10H2,1H3. The topological polar surface area (TPSA) is 32.3 Å². The molecule has 2 saturated carbocycles. The zero-order valence-corrected chi connectivity index (χ0v) is 11.5. The highest BCUT2D eigenvalue weighted by Crippen LogP contribution is 2.31. The van der Waals surface area contributed by atoms with Gasteiger partial charge in [0.05, 0.1) is 6.04 Å². The van der Waals surface area contributed by atoms with Gasteiger partial charge in [-0.2, -0.15) is 0 Å². The lowest BCUT2D eigenvalue weighted by Gasteiger charge is -2.32. The first kappa shape index (κ1) is 12.5. The predicted octanol–water partition coefficient (Wildman–Crippen LogP) is 2.17. The van der Waals surface area contributed by atoms with Gasteiger partial charge in [-0.25, -0.2) is 0 Å². The summed E-state index contributed by atoms with van der Waals surface area (Å²) in [6.07, 6.45) is 8.99. The summed E-state index contributed by atoms with van der Waals surface area (Å²) in [5.74, 6) is 1.93. The highest BCUT2D eigenvalue weighted by atomic mass is 16.2. The van der Waals surface area contributed by atoms with Crippen molar-refractivity contribution in [2.24, 2.45) is 11.8 Å². The van der Waals surface area contributed by atoms with Crippen molar-refractivity contribution < 1.29 is 4.79 Å². The van der Waals surface area contributed by atoms with Crippen molar-refractivity contribution in [3.63, 3.8) is 0 Å². The Kier molecular flexibility index (Phi) is 3.60. The molecule has 0 spiro atoms. The average molecular weight is 250 g/mol. The van der Waals surface area contributed by atoms with Crippen LogP contribution in [-0.2, 0) is 4.79 Å². The Balaban J connectivity index is 1.51. The molecule has 3 fully saturated rings. The average Bonchev–Trinajstić information content (AvgIpc) is 3.12. The maximum Gasteiger partial charge on any atom is 0.239 e. The van der Waals surface area contributed by atoms with Crippen LogP contribution in [0.2, 0.25) is 0 Å². The van der Waals surface area contributed by atoms with Gasteiger partial charge in [-0.15, -0.1) is 0 Å². The molecule has 0 radical (unpaired) electrons. The van der Waals surface area contributed by atoms with Crippen LogP contribution in [0.4, 0.5) is 0 Å². The first-order valence-electron chi connectivity index (χ1n) is 7.79. The van der Waals surface area contributed by atoms with E-state index in [0.717, 1.165) is 31.3 Å². The van der Waals surface area contributed by atoms with Gasteiger partial charge < -0.3 is 10.2 Å². The van der Waals surface area contributed by atoms with E-state index in [2.05, 4.69) is 17.1 Å². The summed E-state index contributed by atoms with van der Waals surface area (Å²) in [6, 6.07) is 0.781. The van der Waals surface area contributed by atoms with Crippen LogP contribution in [0.1, 0.15) is 51.9 Å². The summed E-state index contributed by atoms with van der Waals surface area (Å²) in [4.78, 5) is 14.4. The first-order chi connectivity index (χ1) is 8.74. The maximum absolute atomic E-state index is 12.3. The summed E-state index contributed by atoms with van der Waals surface area (Å²) in [7, 11) is 0. The third kappa shape index (κ3) is 2.71. The summed E-state index contributed by atoms with van der Waals surface area (Å²) in [6.45, 7) is 4.36. The van der Waals surface area contributed by atoms with Gasteiger partial charge in [0.2, 0.25) is 5.91 Å². The Bertz CT molecular complexity index is 314. The van der Waals surface area contributed by atoms with Crippen molar-refractivity contribution in [2.45, 2.75) is 64.0 Å². The fourth-order valence-corrected chi connectivity index (χ4v) is 3.56. The van der Waals surface area contributed by atoms with Crippen LogP contribution in [0.25, 0.3) is 0 Å². The Morgan fingerprint density at radius 3 is 2.67 bits per heavy atom. The van der Waals surface area contributed by atoms with Crippen molar-refractivity contribution >= 4 is 5.91 Å². The molecule has 1 amide bonds. The highest BCUT2D eigenvalue weighted by molar-refractivity contribution is 5.84. The third-order valence-electron chi connectivity index (χ3n) is 5.06.